The van der Waals surface area contributed by atoms with Gasteiger partial charge < -0.3 is 20.1 Å². The molecule has 0 radical (unpaired) electrons. The molecule has 0 saturated carbocycles. The molecule has 10 nitrogen and oxygen atoms in total. The summed E-state index contributed by atoms with van der Waals surface area (Å²) in [5.41, 5.74) is 1.37. The predicted octanol–water partition coefficient (Wildman–Crippen LogP) is 9.75. The standard InChI is InChI=1S/C44H56N6O4/c1-5-7-9-11-13-15-28-49-32-30-47(3)43(49)41(51)45-35-20-24-37(25-21-35)53-39-18-17-19-40(34-39)54-38-26-22-36(23-27-38)46-42(52)44-48(4)31-33-50(44)29-16-14-12-10-8-6-2/h17-27,30-34H,5-16,28-29H2,1-4H3/p+2. The minimum Gasteiger partial charge on any atom is -0.457 e. The number of hydrogen-bond donors (Lipinski definition) is 2. The maximum absolute atomic E-state index is 13.2. The fraction of sp³-hybridized carbons (Fsp3) is 0.409. The second-order valence-electron chi connectivity index (χ2n) is 14.0. The number of benzene rings is 3. The largest absolute Gasteiger partial charge is 0.457 e. The van der Waals surface area contributed by atoms with Gasteiger partial charge in [0.05, 0.1) is 27.2 Å². The number of nitrogens with one attached hydrogen (secondary N) is 2. The first kappa shape index (κ1) is 39.8. The third-order valence-corrected chi connectivity index (χ3v) is 9.57. The lowest BCUT2D eigenvalue weighted by atomic mass is 10.1. The van der Waals surface area contributed by atoms with E-state index in [2.05, 4.69) is 24.5 Å². The molecule has 286 valence electrons. The average Bonchev–Trinajstić information content (AvgIpc) is 3.73. The molecular weight excluding hydrogens is 677 g/mol. The number of unbranched alkanes of at least 4 members (excludes halogenated alkanes) is 10. The van der Waals surface area contributed by atoms with Crippen LogP contribution in [0.15, 0.2) is 97.6 Å². The van der Waals surface area contributed by atoms with Gasteiger partial charge in [-0.3, -0.25) is 9.59 Å². The number of rotatable bonds is 22. The molecule has 2 heterocycles. The smallest absolute Gasteiger partial charge is 0.348 e. The Morgan fingerprint density at radius 3 is 1.33 bits per heavy atom. The predicted molar refractivity (Wildman–Crippen MR) is 213 cm³/mol. The van der Waals surface area contributed by atoms with Crippen LogP contribution >= 0.6 is 0 Å². The van der Waals surface area contributed by atoms with E-state index < -0.39 is 0 Å². The van der Waals surface area contributed by atoms with Crippen molar-refractivity contribution in [1.29, 1.82) is 0 Å². The summed E-state index contributed by atoms with van der Waals surface area (Å²) < 4.78 is 20.0. The van der Waals surface area contributed by atoms with E-state index in [1.807, 2.05) is 130 Å². The maximum atomic E-state index is 13.2. The van der Waals surface area contributed by atoms with E-state index in [4.69, 9.17) is 9.47 Å². The lowest BCUT2D eigenvalue weighted by molar-refractivity contribution is -0.673. The SMILES string of the molecule is CCCCCCCCn1cc[n+](C)c1C(=O)Nc1ccc(Oc2cccc(Oc3ccc(NC(=O)c4n(CCCCCCCC)cc[n+]4C)cc3)c2)cc1. The van der Waals surface area contributed by atoms with Crippen LogP contribution in [-0.2, 0) is 27.2 Å². The first-order valence-electron chi connectivity index (χ1n) is 19.7. The van der Waals surface area contributed by atoms with Crippen LogP contribution in [0.1, 0.15) is 112 Å². The van der Waals surface area contributed by atoms with Gasteiger partial charge in [-0.2, -0.15) is 0 Å². The van der Waals surface area contributed by atoms with Crippen molar-refractivity contribution in [3.8, 4) is 23.0 Å². The van der Waals surface area contributed by atoms with Gasteiger partial charge >= 0.3 is 23.5 Å². The van der Waals surface area contributed by atoms with Crippen molar-refractivity contribution >= 4 is 23.2 Å². The van der Waals surface area contributed by atoms with Crippen molar-refractivity contribution in [2.24, 2.45) is 14.1 Å². The summed E-state index contributed by atoms with van der Waals surface area (Å²) in [6.45, 7) is 6.10. The lowest BCUT2D eigenvalue weighted by Crippen LogP contribution is -2.37. The van der Waals surface area contributed by atoms with E-state index in [-0.39, 0.29) is 11.8 Å². The fourth-order valence-corrected chi connectivity index (χ4v) is 6.58. The summed E-state index contributed by atoms with van der Waals surface area (Å²) >= 11 is 0. The van der Waals surface area contributed by atoms with Crippen LogP contribution in [0.3, 0.4) is 0 Å². The van der Waals surface area contributed by atoms with E-state index in [1.165, 1.54) is 64.2 Å². The molecule has 2 amide bonds. The molecular formula is C44H58N6O4+2. The number of ether oxygens (including phenoxy) is 2. The van der Waals surface area contributed by atoms with Gasteiger partial charge in [0.2, 0.25) is 0 Å². The van der Waals surface area contributed by atoms with Gasteiger partial charge in [0.15, 0.2) is 0 Å². The van der Waals surface area contributed by atoms with E-state index >= 15 is 0 Å². The summed E-state index contributed by atoms with van der Waals surface area (Å²) in [4.78, 5) is 26.5. The van der Waals surface area contributed by atoms with Crippen molar-refractivity contribution in [1.82, 2.24) is 9.13 Å². The van der Waals surface area contributed by atoms with Crippen molar-refractivity contribution in [2.75, 3.05) is 10.6 Å². The number of hydrogen-bond acceptors (Lipinski definition) is 4. The number of aromatic nitrogens is 4. The minimum atomic E-state index is -0.148. The molecule has 3 aromatic carbocycles. The first-order valence-corrected chi connectivity index (χ1v) is 19.7. The molecule has 5 rings (SSSR count). The monoisotopic (exact) mass is 734 g/mol. The number of carbonyl (C=O) groups is 2. The summed E-state index contributed by atoms with van der Waals surface area (Å²) in [5.74, 6) is 3.45. The molecule has 2 aromatic heterocycles. The highest BCUT2D eigenvalue weighted by Gasteiger charge is 2.24. The Morgan fingerprint density at radius 1 is 0.537 bits per heavy atom. The Labute approximate surface area is 320 Å². The number of carbonyl (C=O) groups excluding carboxylic acids is 2. The van der Waals surface area contributed by atoms with Gasteiger partial charge in [-0.15, -0.1) is 0 Å². The summed E-state index contributed by atoms with van der Waals surface area (Å²) in [6.07, 6.45) is 22.3. The Kier molecular flexibility index (Phi) is 15.3. The Morgan fingerprint density at radius 2 is 0.926 bits per heavy atom. The first-order chi connectivity index (χ1) is 26.3. The molecule has 0 aliphatic carbocycles. The van der Waals surface area contributed by atoms with Gasteiger partial charge in [-0.05, 0) is 86.3 Å². The van der Waals surface area contributed by atoms with Crippen molar-refractivity contribution in [2.45, 2.75) is 104 Å². The Balaban J connectivity index is 1.10. The van der Waals surface area contributed by atoms with Crippen LogP contribution in [0, 0.1) is 0 Å². The van der Waals surface area contributed by atoms with Crippen LogP contribution in [0.4, 0.5) is 11.4 Å². The van der Waals surface area contributed by atoms with E-state index in [0.717, 1.165) is 25.9 Å². The quantitative estimate of drug-likeness (QED) is 0.0547. The molecule has 54 heavy (non-hydrogen) atoms. The molecule has 2 N–H and O–H groups in total. The number of anilines is 2. The van der Waals surface area contributed by atoms with Crippen LogP contribution in [-0.4, -0.2) is 20.9 Å². The third kappa shape index (κ3) is 11.8. The topological polar surface area (TPSA) is 94.3 Å². The van der Waals surface area contributed by atoms with Crippen molar-refractivity contribution in [3.63, 3.8) is 0 Å². The highest BCUT2D eigenvalue weighted by molar-refractivity contribution is 6.01. The summed E-state index contributed by atoms with van der Waals surface area (Å²) in [7, 11) is 3.79. The Bertz CT molecular complexity index is 1780. The third-order valence-electron chi connectivity index (χ3n) is 9.57. The molecule has 0 aliphatic rings. The average molecular weight is 735 g/mol. The zero-order valence-electron chi connectivity index (χ0n) is 32.6. The maximum Gasteiger partial charge on any atom is 0.348 e. The second-order valence-corrected chi connectivity index (χ2v) is 14.0. The highest BCUT2D eigenvalue weighted by Crippen LogP contribution is 2.30. The van der Waals surface area contributed by atoms with E-state index in [9.17, 15) is 9.59 Å². The molecule has 0 atom stereocenters. The molecule has 10 heteroatoms. The van der Waals surface area contributed by atoms with Gasteiger partial charge in [-0.25, -0.2) is 18.3 Å². The lowest BCUT2D eigenvalue weighted by Gasteiger charge is -2.11. The molecule has 5 aromatic rings. The zero-order chi connectivity index (χ0) is 38.1. The van der Waals surface area contributed by atoms with Crippen molar-refractivity contribution in [3.05, 3.63) is 109 Å². The summed E-state index contributed by atoms with van der Waals surface area (Å²) in [6, 6.07) is 22.1. The van der Waals surface area contributed by atoms with Crippen LogP contribution < -0.4 is 29.2 Å². The molecule has 0 bridgehead atoms. The normalized spacial score (nSPS) is 11.0. The molecule has 0 fully saturated rings. The molecule has 0 aliphatic heterocycles. The fourth-order valence-electron chi connectivity index (χ4n) is 6.58. The minimum absolute atomic E-state index is 0.148. The zero-order valence-corrected chi connectivity index (χ0v) is 32.6. The van der Waals surface area contributed by atoms with Crippen molar-refractivity contribution < 1.29 is 28.2 Å². The van der Waals surface area contributed by atoms with E-state index in [1.54, 1.807) is 0 Å². The van der Waals surface area contributed by atoms with Crippen LogP contribution in [0.5, 0.6) is 23.0 Å². The second kappa shape index (κ2) is 20.8. The van der Waals surface area contributed by atoms with E-state index in [0.29, 0.717) is 46.0 Å². The number of imidazole rings is 2. The number of nitrogens with zero attached hydrogens (tertiary/aromatic N) is 4. The molecule has 0 spiro atoms. The van der Waals surface area contributed by atoms with Gasteiger partial charge in [0, 0.05) is 17.4 Å². The van der Waals surface area contributed by atoms with Gasteiger partial charge in [0.1, 0.15) is 47.8 Å². The number of amides is 2. The molecule has 0 saturated heterocycles. The number of aryl methyl sites for hydroxylation is 4. The molecule has 0 unspecified atom stereocenters. The summed E-state index contributed by atoms with van der Waals surface area (Å²) in [5, 5.41) is 6.06. The van der Waals surface area contributed by atoms with Crippen LogP contribution in [0.25, 0.3) is 0 Å². The highest BCUT2D eigenvalue weighted by atomic mass is 16.5. The van der Waals surface area contributed by atoms with Crippen LogP contribution in [0.2, 0.25) is 0 Å². The van der Waals surface area contributed by atoms with Gasteiger partial charge in [-0.1, -0.05) is 71.3 Å². The van der Waals surface area contributed by atoms with Gasteiger partial charge in [0.25, 0.3) is 0 Å². The Hall–Kier alpha value is -5.38.